The molecular weight excluding hydrogens is 354 g/mol. The van der Waals surface area contributed by atoms with Crippen molar-refractivity contribution in [3.8, 4) is 11.5 Å². The molecule has 0 aliphatic rings. The predicted molar refractivity (Wildman–Crippen MR) is 85.5 cm³/mol. The fraction of sp³-hybridized carbons (Fsp3) is 0.200. The molecule has 2 N–H and O–H groups in total. The zero-order chi connectivity index (χ0) is 18.4. The summed E-state index contributed by atoms with van der Waals surface area (Å²) in [6.45, 7) is 4.78. The molecule has 132 valence electrons. The molecule has 0 amide bonds. The summed E-state index contributed by atoms with van der Waals surface area (Å²) in [6.07, 6.45) is 0. The molecule has 0 fully saturated rings. The average Bonchev–Trinajstić information content (AvgIpc) is 3.05. The lowest BCUT2D eigenvalue weighted by Crippen LogP contribution is -2.15. The minimum atomic E-state index is -4.20. The number of halogens is 2. The number of anilines is 1. The third-order valence-electron chi connectivity index (χ3n) is 3.50. The van der Waals surface area contributed by atoms with Crippen LogP contribution in [0.4, 0.5) is 14.5 Å². The number of nitrogens with one attached hydrogen (secondary N) is 2. The number of hydrogen-bond acceptors (Lipinski definition) is 5. The molecule has 0 atom stereocenters. The summed E-state index contributed by atoms with van der Waals surface area (Å²) < 4.78 is 59.9. The highest BCUT2D eigenvalue weighted by atomic mass is 32.2. The Hall–Kier alpha value is -2.75. The highest BCUT2D eigenvalue weighted by molar-refractivity contribution is 7.93. The van der Waals surface area contributed by atoms with Crippen LogP contribution in [-0.4, -0.2) is 23.6 Å². The maximum Gasteiger partial charge on any atom is 0.264 e. The van der Waals surface area contributed by atoms with Gasteiger partial charge in [-0.1, -0.05) is 0 Å². The van der Waals surface area contributed by atoms with Gasteiger partial charge in [-0.25, -0.2) is 17.2 Å². The van der Waals surface area contributed by atoms with Crippen LogP contribution >= 0.6 is 0 Å². The molecule has 1 aromatic carbocycles. The third-order valence-corrected chi connectivity index (χ3v) is 5.04. The second-order valence-corrected chi connectivity index (χ2v) is 7.05. The number of aromatic amines is 1. The lowest BCUT2D eigenvalue weighted by Gasteiger charge is -2.10. The maximum absolute atomic E-state index is 13.8. The fourth-order valence-corrected chi connectivity index (χ4v) is 4.04. The van der Waals surface area contributed by atoms with Gasteiger partial charge in [0.2, 0.25) is 5.89 Å². The van der Waals surface area contributed by atoms with Crippen LogP contribution in [0.25, 0.3) is 11.5 Å². The number of aromatic nitrogens is 3. The molecule has 0 bridgehead atoms. The fourth-order valence-electron chi connectivity index (χ4n) is 2.52. The van der Waals surface area contributed by atoms with E-state index >= 15 is 0 Å². The van der Waals surface area contributed by atoms with Crippen molar-refractivity contribution in [1.29, 1.82) is 0 Å². The smallest absolute Gasteiger partial charge is 0.264 e. The van der Waals surface area contributed by atoms with Crippen LogP contribution in [-0.2, 0) is 10.0 Å². The van der Waals surface area contributed by atoms with Crippen molar-refractivity contribution in [3.05, 3.63) is 47.1 Å². The summed E-state index contributed by atoms with van der Waals surface area (Å²) in [4.78, 5) is 2.76. The standard InChI is InChI=1S/C15H14F2N4O3S/c1-7-13(15-20-19-9(3)24-15)14(8(2)18-7)25(22,23)21-12-5-4-10(16)6-11(12)17/h4-6,18,21H,1-3H3. The molecule has 10 heteroatoms. The highest BCUT2D eigenvalue weighted by Crippen LogP contribution is 2.34. The Labute approximate surface area is 142 Å². The van der Waals surface area contributed by atoms with Gasteiger partial charge >= 0.3 is 0 Å². The molecule has 3 aromatic rings. The molecule has 7 nitrogen and oxygen atoms in total. The summed E-state index contributed by atoms with van der Waals surface area (Å²) in [5.41, 5.74) is 0.653. The van der Waals surface area contributed by atoms with Crippen LogP contribution < -0.4 is 4.72 Å². The van der Waals surface area contributed by atoms with Gasteiger partial charge in [-0.2, -0.15) is 0 Å². The van der Waals surface area contributed by atoms with Crippen molar-refractivity contribution in [2.75, 3.05) is 4.72 Å². The van der Waals surface area contributed by atoms with E-state index in [0.29, 0.717) is 17.5 Å². The summed E-state index contributed by atoms with van der Waals surface area (Å²) >= 11 is 0. The molecule has 0 unspecified atom stereocenters. The van der Waals surface area contributed by atoms with Crippen LogP contribution in [0.1, 0.15) is 17.3 Å². The second kappa shape index (κ2) is 5.96. The van der Waals surface area contributed by atoms with E-state index in [4.69, 9.17) is 4.42 Å². The normalized spacial score (nSPS) is 11.7. The van der Waals surface area contributed by atoms with E-state index in [0.717, 1.165) is 12.1 Å². The Balaban J connectivity index is 2.12. The summed E-state index contributed by atoms with van der Waals surface area (Å²) in [5, 5.41) is 7.54. The molecule has 0 aliphatic carbocycles. The predicted octanol–water partition coefficient (Wildman–Crippen LogP) is 3.07. The zero-order valence-electron chi connectivity index (χ0n) is 13.5. The van der Waals surface area contributed by atoms with Crippen LogP contribution in [0.15, 0.2) is 27.5 Å². The van der Waals surface area contributed by atoms with Crippen LogP contribution in [0.3, 0.4) is 0 Å². The number of benzene rings is 1. The number of aryl methyl sites for hydroxylation is 3. The van der Waals surface area contributed by atoms with E-state index in [1.165, 1.54) is 0 Å². The van der Waals surface area contributed by atoms with Gasteiger partial charge in [0.05, 0.1) is 11.3 Å². The quantitative estimate of drug-likeness (QED) is 0.737. The zero-order valence-corrected chi connectivity index (χ0v) is 14.3. The molecular formula is C15H14F2N4O3S. The molecule has 2 aromatic heterocycles. The monoisotopic (exact) mass is 368 g/mol. The van der Waals surface area contributed by atoms with Crippen molar-refractivity contribution in [2.45, 2.75) is 25.7 Å². The number of hydrogen-bond donors (Lipinski definition) is 2. The number of rotatable bonds is 4. The first-order valence-electron chi connectivity index (χ1n) is 7.16. The van der Waals surface area contributed by atoms with E-state index < -0.39 is 21.7 Å². The molecule has 0 radical (unpaired) electrons. The van der Waals surface area contributed by atoms with Crippen molar-refractivity contribution in [1.82, 2.24) is 15.2 Å². The Morgan fingerprint density at radius 3 is 2.44 bits per heavy atom. The molecule has 25 heavy (non-hydrogen) atoms. The van der Waals surface area contributed by atoms with E-state index in [2.05, 4.69) is 19.9 Å². The Kier molecular flexibility index (Phi) is 4.07. The van der Waals surface area contributed by atoms with Crippen molar-refractivity contribution in [2.24, 2.45) is 0 Å². The van der Waals surface area contributed by atoms with Gasteiger partial charge < -0.3 is 9.40 Å². The van der Waals surface area contributed by atoms with Gasteiger partial charge in [0.15, 0.2) is 0 Å². The van der Waals surface area contributed by atoms with Gasteiger partial charge in [0, 0.05) is 24.4 Å². The van der Waals surface area contributed by atoms with Crippen molar-refractivity contribution in [3.63, 3.8) is 0 Å². The van der Waals surface area contributed by atoms with Gasteiger partial charge in [-0.05, 0) is 26.0 Å². The minimum Gasteiger partial charge on any atom is -0.421 e. The van der Waals surface area contributed by atoms with Gasteiger partial charge in [0.1, 0.15) is 16.5 Å². The SMILES string of the molecule is Cc1nnc(-c2c(C)[nH]c(C)c2S(=O)(=O)Nc2ccc(F)cc2F)o1. The molecule has 0 spiro atoms. The Morgan fingerprint density at radius 1 is 1.12 bits per heavy atom. The topological polar surface area (TPSA) is 101 Å². The Bertz CT molecular complexity index is 1060. The summed E-state index contributed by atoms with van der Waals surface area (Å²) in [5.74, 6) is -1.53. The summed E-state index contributed by atoms with van der Waals surface area (Å²) in [6, 6.07) is 2.56. The lowest BCUT2D eigenvalue weighted by atomic mass is 10.2. The average molecular weight is 368 g/mol. The number of H-pyrrole nitrogens is 1. The molecule has 3 rings (SSSR count). The molecule has 0 aliphatic heterocycles. The van der Waals surface area contributed by atoms with Crippen molar-refractivity contribution < 1.29 is 21.6 Å². The van der Waals surface area contributed by atoms with Crippen LogP contribution in [0, 0.1) is 32.4 Å². The van der Waals surface area contributed by atoms with E-state index in [1.807, 2.05) is 0 Å². The van der Waals surface area contributed by atoms with Gasteiger partial charge in [0.25, 0.3) is 15.9 Å². The third kappa shape index (κ3) is 3.12. The second-order valence-electron chi connectivity index (χ2n) is 5.44. The number of nitrogens with zero attached hydrogens (tertiary/aromatic N) is 2. The number of sulfonamides is 1. The Morgan fingerprint density at radius 2 is 1.84 bits per heavy atom. The first kappa shape index (κ1) is 17.1. The lowest BCUT2D eigenvalue weighted by molar-refractivity contribution is 0.531. The minimum absolute atomic E-state index is 0.0271. The first-order chi connectivity index (χ1) is 11.7. The molecule has 0 saturated heterocycles. The van der Waals surface area contributed by atoms with Crippen LogP contribution in [0.5, 0.6) is 0 Å². The van der Waals surface area contributed by atoms with Gasteiger partial charge in [-0.3, -0.25) is 4.72 Å². The van der Waals surface area contributed by atoms with E-state index in [1.54, 1.807) is 20.8 Å². The molecule has 0 saturated carbocycles. The highest BCUT2D eigenvalue weighted by Gasteiger charge is 2.29. The summed E-state index contributed by atoms with van der Waals surface area (Å²) in [7, 11) is -4.20. The van der Waals surface area contributed by atoms with Crippen molar-refractivity contribution >= 4 is 15.7 Å². The first-order valence-corrected chi connectivity index (χ1v) is 8.65. The largest absolute Gasteiger partial charge is 0.421 e. The molecule has 2 heterocycles. The van der Waals surface area contributed by atoms with E-state index in [9.17, 15) is 17.2 Å². The van der Waals surface area contributed by atoms with Crippen LogP contribution in [0.2, 0.25) is 0 Å². The van der Waals surface area contributed by atoms with E-state index in [-0.39, 0.29) is 27.9 Å². The maximum atomic E-state index is 13.8. The van der Waals surface area contributed by atoms with Gasteiger partial charge in [-0.15, -0.1) is 10.2 Å².